The minimum Gasteiger partial charge on any atom is -0.367 e. The maximum absolute atomic E-state index is 4.59. The molecule has 0 spiro atoms. The number of benzene rings is 1. The Morgan fingerprint density at radius 1 is 1.00 bits per heavy atom. The lowest BCUT2D eigenvalue weighted by atomic mass is 10.1. The molecule has 0 aliphatic carbocycles. The summed E-state index contributed by atoms with van der Waals surface area (Å²) in [5, 5.41) is 4.61. The van der Waals surface area contributed by atoms with Crippen LogP contribution < -0.4 is 5.32 Å². The van der Waals surface area contributed by atoms with Crippen LogP contribution >= 0.6 is 0 Å². The number of para-hydroxylation sites is 1. The van der Waals surface area contributed by atoms with E-state index in [1.807, 2.05) is 24.3 Å². The van der Waals surface area contributed by atoms with Crippen LogP contribution in [0.25, 0.3) is 10.9 Å². The molecule has 0 saturated carbocycles. The largest absolute Gasteiger partial charge is 0.367 e. The molecule has 0 fully saturated rings. The fraction of sp³-hybridized carbons (Fsp3) is 0.357. The normalized spacial score (nSPS) is 13.0. The molecule has 1 heterocycles. The molecular formula is C14H18N2. The second-order valence-corrected chi connectivity index (χ2v) is 4.57. The van der Waals surface area contributed by atoms with Gasteiger partial charge in [-0.2, -0.15) is 0 Å². The topological polar surface area (TPSA) is 24.9 Å². The highest BCUT2D eigenvalue weighted by Crippen LogP contribution is 2.16. The van der Waals surface area contributed by atoms with E-state index in [0.29, 0.717) is 12.0 Å². The van der Waals surface area contributed by atoms with E-state index in [1.165, 1.54) is 5.39 Å². The molecule has 1 aromatic carbocycles. The Kier molecular flexibility index (Phi) is 3.09. The highest BCUT2D eigenvalue weighted by atomic mass is 15.0. The van der Waals surface area contributed by atoms with E-state index < -0.39 is 0 Å². The summed E-state index contributed by atoms with van der Waals surface area (Å²) >= 11 is 0. The van der Waals surface area contributed by atoms with Gasteiger partial charge < -0.3 is 5.32 Å². The summed E-state index contributed by atoms with van der Waals surface area (Å²) in [7, 11) is 0. The molecule has 1 unspecified atom stereocenters. The third-order valence-corrected chi connectivity index (χ3v) is 2.97. The maximum Gasteiger partial charge on any atom is 0.126 e. The number of nitrogens with one attached hydrogen (secondary N) is 1. The number of fused-ring (bicyclic) bond motifs is 1. The summed E-state index contributed by atoms with van der Waals surface area (Å²) in [6.45, 7) is 6.60. The van der Waals surface area contributed by atoms with E-state index in [4.69, 9.17) is 0 Å². The Hall–Kier alpha value is -1.57. The van der Waals surface area contributed by atoms with E-state index >= 15 is 0 Å². The minimum atomic E-state index is 0.439. The molecule has 2 rings (SSSR count). The van der Waals surface area contributed by atoms with Crippen LogP contribution in [0.5, 0.6) is 0 Å². The van der Waals surface area contributed by atoms with Crippen LogP contribution in [0.1, 0.15) is 20.8 Å². The molecule has 2 heteroatoms. The number of rotatable bonds is 3. The number of hydrogen-bond acceptors (Lipinski definition) is 2. The molecule has 2 aromatic rings. The smallest absolute Gasteiger partial charge is 0.126 e. The zero-order chi connectivity index (χ0) is 11.5. The van der Waals surface area contributed by atoms with Crippen molar-refractivity contribution in [2.75, 3.05) is 5.32 Å². The van der Waals surface area contributed by atoms with Gasteiger partial charge in [-0.25, -0.2) is 4.98 Å². The van der Waals surface area contributed by atoms with E-state index in [2.05, 4.69) is 43.2 Å². The molecular weight excluding hydrogens is 196 g/mol. The van der Waals surface area contributed by atoms with Gasteiger partial charge in [-0.1, -0.05) is 32.0 Å². The van der Waals surface area contributed by atoms with Gasteiger partial charge >= 0.3 is 0 Å². The first-order chi connectivity index (χ1) is 7.66. The summed E-state index contributed by atoms with van der Waals surface area (Å²) in [5.74, 6) is 1.56. The fourth-order valence-corrected chi connectivity index (χ4v) is 1.55. The van der Waals surface area contributed by atoms with Crippen molar-refractivity contribution < 1.29 is 0 Å². The van der Waals surface area contributed by atoms with E-state index in [1.54, 1.807) is 0 Å². The third kappa shape index (κ3) is 2.32. The predicted molar refractivity (Wildman–Crippen MR) is 69.7 cm³/mol. The highest BCUT2D eigenvalue weighted by molar-refractivity contribution is 5.80. The summed E-state index contributed by atoms with van der Waals surface area (Å²) < 4.78 is 0. The van der Waals surface area contributed by atoms with Crippen molar-refractivity contribution in [3.05, 3.63) is 36.4 Å². The molecule has 1 atom stereocenters. The Bertz CT molecular complexity index is 477. The molecule has 0 bridgehead atoms. The fourth-order valence-electron chi connectivity index (χ4n) is 1.55. The predicted octanol–water partition coefficient (Wildman–Crippen LogP) is 3.69. The summed E-state index contributed by atoms with van der Waals surface area (Å²) in [4.78, 5) is 4.59. The Labute approximate surface area is 96.7 Å². The average Bonchev–Trinajstić information content (AvgIpc) is 2.28. The first-order valence-electron chi connectivity index (χ1n) is 5.79. The van der Waals surface area contributed by atoms with Crippen molar-refractivity contribution in [1.82, 2.24) is 4.98 Å². The SMILES string of the molecule is CC(C)C(C)Nc1ccc2ccccc2n1. The van der Waals surface area contributed by atoms with Gasteiger partial charge in [0.05, 0.1) is 5.52 Å². The zero-order valence-electron chi connectivity index (χ0n) is 10.1. The average molecular weight is 214 g/mol. The zero-order valence-corrected chi connectivity index (χ0v) is 10.1. The Morgan fingerprint density at radius 2 is 1.75 bits per heavy atom. The summed E-state index contributed by atoms with van der Waals surface area (Å²) in [6.07, 6.45) is 0. The number of hydrogen-bond donors (Lipinski definition) is 1. The van der Waals surface area contributed by atoms with Crippen molar-refractivity contribution in [3.63, 3.8) is 0 Å². The van der Waals surface area contributed by atoms with E-state index in [0.717, 1.165) is 11.3 Å². The third-order valence-electron chi connectivity index (χ3n) is 2.97. The van der Waals surface area contributed by atoms with Crippen molar-refractivity contribution >= 4 is 16.7 Å². The molecule has 2 nitrogen and oxygen atoms in total. The van der Waals surface area contributed by atoms with Crippen LogP contribution in [0.2, 0.25) is 0 Å². The lowest BCUT2D eigenvalue weighted by Gasteiger charge is -2.18. The Morgan fingerprint density at radius 3 is 2.50 bits per heavy atom. The molecule has 1 aromatic heterocycles. The van der Waals surface area contributed by atoms with E-state index in [-0.39, 0.29) is 0 Å². The summed E-state index contributed by atoms with van der Waals surface area (Å²) in [6, 6.07) is 12.8. The first kappa shape index (κ1) is 10.9. The molecule has 0 radical (unpaired) electrons. The van der Waals surface area contributed by atoms with Crippen LogP contribution in [0, 0.1) is 5.92 Å². The van der Waals surface area contributed by atoms with Gasteiger partial charge in [0.2, 0.25) is 0 Å². The van der Waals surface area contributed by atoms with Crippen molar-refractivity contribution in [1.29, 1.82) is 0 Å². The Balaban J connectivity index is 2.26. The van der Waals surface area contributed by atoms with Gasteiger partial charge in [0, 0.05) is 11.4 Å². The quantitative estimate of drug-likeness (QED) is 0.842. The first-order valence-corrected chi connectivity index (χ1v) is 5.79. The van der Waals surface area contributed by atoms with Gasteiger partial charge in [-0.05, 0) is 31.0 Å². The van der Waals surface area contributed by atoms with Gasteiger partial charge in [0.1, 0.15) is 5.82 Å². The van der Waals surface area contributed by atoms with Crippen LogP contribution in [0.4, 0.5) is 5.82 Å². The van der Waals surface area contributed by atoms with Crippen molar-refractivity contribution in [2.24, 2.45) is 5.92 Å². The maximum atomic E-state index is 4.59. The minimum absolute atomic E-state index is 0.439. The number of aromatic nitrogens is 1. The molecule has 0 amide bonds. The number of nitrogens with zero attached hydrogens (tertiary/aromatic N) is 1. The standard InChI is InChI=1S/C14H18N2/c1-10(2)11(3)15-14-9-8-12-6-4-5-7-13(12)16-14/h4-11H,1-3H3,(H,15,16). The van der Waals surface area contributed by atoms with Gasteiger partial charge in [-0.15, -0.1) is 0 Å². The summed E-state index contributed by atoms with van der Waals surface area (Å²) in [5.41, 5.74) is 1.04. The lowest BCUT2D eigenvalue weighted by molar-refractivity contribution is 0.558. The molecule has 0 aliphatic rings. The lowest BCUT2D eigenvalue weighted by Crippen LogP contribution is -2.21. The van der Waals surface area contributed by atoms with Gasteiger partial charge in [-0.3, -0.25) is 0 Å². The second kappa shape index (κ2) is 4.52. The van der Waals surface area contributed by atoms with Crippen LogP contribution in [-0.4, -0.2) is 11.0 Å². The van der Waals surface area contributed by atoms with E-state index in [9.17, 15) is 0 Å². The van der Waals surface area contributed by atoms with Crippen LogP contribution in [-0.2, 0) is 0 Å². The molecule has 0 aliphatic heterocycles. The number of pyridine rings is 1. The van der Waals surface area contributed by atoms with Crippen molar-refractivity contribution in [3.8, 4) is 0 Å². The van der Waals surface area contributed by atoms with Gasteiger partial charge in [0.15, 0.2) is 0 Å². The van der Waals surface area contributed by atoms with Crippen LogP contribution in [0.15, 0.2) is 36.4 Å². The van der Waals surface area contributed by atoms with Crippen LogP contribution in [0.3, 0.4) is 0 Å². The molecule has 16 heavy (non-hydrogen) atoms. The van der Waals surface area contributed by atoms with Crippen molar-refractivity contribution in [2.45, 2.75) is 26.8 Å². The molecule has 0 saturated heterocycles. The number of anilines is 1. The molecule has 1 N–H and O–H groups in total. The molecule has 84 valence electrons. The highest BCUT2D eigenvalue weighted by Gasteiger charge is 2.07. The van der Waals surface area contributed by atoms with Gasteiger partial charge in [0.25, 0.3) is 0 Å². The monoisotopic (exact) mass is 214 g/mol. The second-order valence-electron chi connectivity index (χ2n) is 4.57.